The zero-order valence-corrected chi connectivity index (χ0v) is 20.8. The summed E-state index contributed by atoms with van der Waals surface area (Å²) in [7, 11) is 1.55. The van der Waals surface area contributed by atoms with Crippen LogP contribution in [-0.2, 0) is 21.7 Å². The number of alkyl halides is 1. The summed E-state index contributed by atoms with van der Waals surface area (Å²) >= 11 is 0. The van der Waals surface area contributed by atoms with Crippen molar-refractivity contribution in [2.24, 2.45) is 16.5 Å². The van der Waals surface area contributed by atoms with Crippen molar-refractivity contribution >= 4 is 23.6 Å². The molecule has 37 heavy (non-hydrogen) atoms. The fraction of sp³-hybridized carbons (Fsp3) is 0.333. The van der Waals surface area contributed by atoms with E-state index in [2.05, 4.69) is 4.99 Å². The number of primary amides is 1. The molecule has 2 aromatic rings. The number of rotatable bonds is 10. The van der Waals surface area contributed by atoms with Crippen molar-refractivity contribution in [3.63, 3.8) is 0 Å². The maximum Gasteiger partial charge on any atom is 0.266 e. The molecule has 9 nitrogen and oxygen atoms in total. The maximum atomic E-state index is 13.7. The lowest BCUT2D eigenvalue weighted by atomic mass is 9.81. The molecular weight excluding hydrogens is 477 g/mol. The van der Waals surface area contributed by atoms with Crippen LogP contribution in [0.4, 0.5) is 4.39 Å². The molecule has 10 heteroatoms. The average molecular weight is 508 g/mol. The fourth-order valence-corrected chi connectivity index (χ4v) is 4.77. The molecule has 0 saturated heterocycles. The monoisotopic (exact) mass is 507 g/mol. The van der Waals surface area contributed by atoms with Gasteiger partial charge in [-0.1, -0.05) is 24.3 Å². The number of hydrogen-bond acceptors (Lipinski definition) is 7. The predicted octanol–water partition coefficient (Wildman–Crippen LogP) is 2.25. The largest absolute Gasteiger partial charge is 0.489 e. The number of nitrogens with zero attached hydrogens (tertiary/aromatic N) is 3. The molecular formula is C27H30FN5O4. The maximum absolute atomic E-state index is 13.7. The Bertz CT molecular complexity index is 1290. The van der Waals surface area contributed by atoms with Gasteiger partial charge in [0.1, 0.15) is 12.4 Å². The minimum atomic E-state index is -1.47. The molecule has 4 rings (SSSR count). The molecule has 2 aromatic carbocycles. The molecule has 194 valence electrons. The van der Waals surface area contributed by atoms with E-state index in [1.165, 1.54) is 11.8 Å². The van der Waals surface area contributed by atoms with Crippen LogP contribution in [0.1, 0.15) is 41.3 Å². The highest BCUT2D eigenvalue weighted by Gasteiger charge is 2.53. The Morgan fingerprint density at radius 1 is 1.22 bits per heavy atom. The Hall–Kier alpha value is -4.21. The molecule has 0 aliphatic carbocycles. The number of ether oxygens (including phenoxy) is 1. The van der Waals surface area contributed by atoms with Gasteiger partial charge in [0.25, 0.3) is 5.91 Å². The highest BCUT2D eigenvalue weighted by molar-refractivity contribution is 6.09. The van der Waals surface area contributed by atoms with E-state index in [0.29, 0.717) is 29.0 Å². The number of halogens is 1. The van der Waals surface area contributed by atoms with Crippen LogP contribution in [0.3, 0.4) is 0 Å². The Kier molecular flexibility index (Phi) is 7.28. The summed E-state index contributed by atoms with van der Waals surface area (Å²) in [4.78, 5) is 45.2. The minimum absolute atomic E-state index is 0.0575. The standard InChI is InChI=1S/C27H30FN5O4/c1-17(34)23-14-21(15-33(23)11-5-10-28)27(25(36)32(2)26(30)31-27)20-8-4-9-22(13-20)37-16-18-6-3-7-19(12-18)24(29)35/h3-4,6-9,12-13,15,23H,5,10-11,14,16H2,1-2H3,(H2,29,35)(H2,30,31). The molecule has 2 unspecified atom stereocenters. The Balaban J connectivity index is 1.69. The molecule has 0 spiro atoms. The first kappa shape index (κ1) is 25.9. The third kappa shape index (κ3) is 4.91. The molecule has 2 heterocycles. The summed E-state index contributed by atoms with van der Waals surface area (Å²) in [6.07, 6.45) is 2.28. The molecule has 0 bridgehead atoms. The molecule has 0 radical (unpaired) electrons. The van der Waals surface area contributed by atoms with Crippen LogP contribution in [-0.4, -0.2) is 59.7 Å². The molecule has 0 saturated carbocycles. The topological polar surface area (TPSA) is 131 Å². The highest BCUT2D eigenvalue weighted by Crippen LogP contribution is 2.45. The van der Waals surface area contributed by atoms with Crippen LogP contribution in [0, 0.1) is 0 Å². The summed E-state index contributed by atoms with van der Waals surface area (Å²) in [5, 5.41) is 0. The SMILES string of the molecule is CC(=O)C1CC(C2(c3cccc(OCc4cccc(C(N)=O)c4)c3)N=C(N)N(C)C2=O)=CN1CCCF. The first-order chi connectivity index (χ1) is 17.7. The van der Waals surface area contributed by atoms with Crippen LogP contribution < -0.4 is 16.2 Å². The third-order valence-electron chi connectivity index (χ3n) is 6.73. The number of carbonyl (C=O) groups excluding carboxylic acids is 3. The third-order valence-corrected chi connectivity index (χ3v) is 6.73. The number of aliphatic imine (C=N–C) groups is 1. The molecule has 0 aromatic heterocycles. The van der Waals surface area contributed by atoms with Crippen molar-refractivity contribution in [1.29, 1.82) is 0 Å². The van der Waals surface area contributed by atoms with Crippen molar-refractivity contribution in [3.8, 4) is 5.75 Å². The van der Waals surface area contributed by atoms with Crippen molar-refractivity contribution in [1.82, 2.24) is 9.80 Å². The van der Waals surface area contributed by atoms with Gasteiger partial charge in [-0.2, -0.15) is 0 Å². The lowest BCUT2D eigenvalue weighted by Crippen LogP contribution is -2.41. The van der Waals surface area contributed by atoms with Crippen LogP contribution in [0.25, 0.3) is 0 Å². The van der Waals surface area contributed by atoms with Gasteiger partial charge in [-0.25, -0.2) is 4.99 Å². The van der Waals surface area contributed by atoms with Gasteiger partial charge in [-0.15, -0.1) is 0 Å². The van der Waals surface area contributed by atoms with Crippen LogP contribution >= 0.6 is 0 Å². The zero-order chi connectivity index (χ0) is 26.7. The molecule has 2 aliphatic heterocycles. The van der Waals surface area contributed by atoms with Gasteiger partial charge in [0.2, 0.25) is 5.91 Å². The Labute approximate surface area is 214 Å². The van der Waals surface area contributed by atoms with E-state index in [9.17, 15) is 18.8 Å². The lowest BCUT2D eigenvalue weighted by Gasteiger charge is -2.27. The van der Waals surface area contributed by atoms with Gasteiger partial charge in [-0.3, -0.25) is 23.7 Å². The van der Waals surface area contributed by atoms with Crippen LogP contribution in [0.15, 0.2) is 65.3 Å². The number of Topliss-reactive ketones (excluding diaryl/α,β-unsaturated/α-hetero) is 1. The quantitative estimate of drug-likeness (QED) is 0.507. The van der Waals surface area contributed by atoms with E-state index >= 15 is 0 Å². The number of ketones is 1. The number of benzene rings is 2. The van der Waals surface area contributed by atoms with Gasteiger partial charge in [0.15, 0.2) is 17.3 Å². The van der Waals surface area contributed by atoms with E-state index in [4.69, 9.17) is 16.2 Å². The second kappa shape index (κ2) is 10.4. The average Bonchev–Trinajstić information content (AvgIpc) is 3.42. The van der Waals surface area contributed by atoms with Gasteiger partial charge < -0.3 is 21.1 Å². The number of guanidine groups is 1. The number of nitrogens with two attached hydrogens (primary N) is 2. The van der Waals surface area contributed by atoms with Crippen molar-refractivity contribution < 1.29 is 23.5 Å². The lowest BCUT2D eigenvalue weighted by molar-refractivity contribution is -0.129. The molecule has 2 aliphatic rings. The summed E-state index contributed by atoms with van der Waals surface area (Å²) in [5.74, 6) is -0.418. The molecule has 2 amide bonds. The first-order valence-electron chi connectivity index (χ1n) is 12.0. The van der Waals surface area contributed by atoms with Gasteiger partial charge in [0, 0.05) is 31.8 Å². The second-order valence-corrected chi connectivity index (χ2v) is 9.19. The first-order valence-corrected chi connectivity index (χ1v) is 12.0. The fourth-order valence-electron chi connectivity index (χ4n) is 4.77. The Morgan fingerprint density at radius 3 is 2.62 bits per heavy atom. The van der Waals surface area contributed by atoms with Crippen molar-refractivity contribution in [3.05, 3.63) is 77.0 Å². The zero-order valence-electron chi connectivity index (χ0n) is 20.8. The summed E-state index contributed by atoms with van der Waals surface area (Å²) < 4.78 is 18.9. The van der Waals surface area contributed by atoms with Gasteiger partial charge in [0.05, 0.1) is 12.7 Å². The number of amides is 2. The summed E-state index contributed by atoms with van der Waals surface area (Å²) in [6.45, 7) is 1.49. The van der Waals surface area contributed by atoms with Crippen molar-refractivity contribution in [2.45, 2.75) is 38.0 Å². The van der Waals surface area contributed by atoms with Crippen molar-refractivity contribution in [2.75, 3.05) is 20.3 Å². The Morgan fingerprint density at radius 2 is 1.97 bits per heavy atom. The number of carbonyl (C=O) groups is 3. The summed E-state index contributed by atoms with van der Waals surface area (Å²) in [5.41, 5.74) is 12.3. The van der Waals surface area contributed by atoms with Crippen LogP contribution in [0.5, 0.6) is 5.75 Å². The van der Waals surface area contributed by atoms with E-state index < -0.39 is 24.2 Å². The van der Waals surface area contributed by atoms with Crippen LogP contribution in [0.2, 0.25) is 0 Å². The molecule has 2 atom stereocenters. The van der Waals surface area contributed by atoms with E-state index in [-0.39, 0.29) is 37.1 Å². The number of likely N-dealkylation sites (N-methyl/N-ethyl adjacent to an activating group) is 1. The predicted molar refractivity (Wildman–Crippen MR) is 136 cm³/mol. The normalized spacial score (nSPS) is 21.2. The van der Waals surface area contributed by atoms with Gasteiger partial charge in [-0.05, 0) is 54.3 Å². The van der Waals surface area contributed by atoms with E-state index in [0.717, 1.165) is 5.56 Å². The van der Waals surface area contributed by atoms with E-state index in [1.807, 2.05) is 6.07 Å². The summed E-state index contributed by atoms with van der Waals surface area (Å²) in [6, 6.07) is 13.3. The molecule has 4 N–H and O–H groups in total. The minimum Gasteiger partial charge on any atom is -0.489 e. The van der Waals surface area contributed by atoms with E-state index in [1.54, 1.807) is 60.6 Å². The van der Waals surface area contributed by atoms with Gasteiger partial charge >= 0.3 is 0 Å². The smallest absolute Gasteiger partial charge is 0.266 e. The number of hydrogen-bond donors (Lipinski definition) is 2. The second-order valence-electron chi connectivity index (χ2n) is 9.19. The molecule has 0 fully saturated rings. The highest BCUT2D eigenvalue weighted by atomic mass is 19.1.